The summed E-state index contributed by atoms with van der Waals surface area (Å²) in [5, 5.41) is 0. The average Bonchev–Trinajstić information content (AvgIpc) is 1.99. The highest BCUT2D eigenvalue weighted by Crippen LogP contribution is 2.14. The second kappa shape index (κ2) is 5.47. The second-order valence-corrected chi connectivity index (χ2v) is 8.17. The second-order valence-electron chi connectivity index (χ2n) is 4.35. The van der Waals surface area contributed by atoms with Gasteiger partial charge in [-0.2, -0.15) is 0 Å². The lowest BCUT2D eigenvalue weighted by atomic mass is 10.2. The summed E-state index contributed by atoms with van der Waals surface area (Å²) < 4.78 is 25.1. The van der Waals surface area contributed by atoms with Crippen molar-refractivity contribution in [1.29, 1.82) is 0 Å². The lowest BCUT2D eigenvalue weighted by molar-refractivity contribution is 0.542. The standard InChI is InChI=1S/C9H20BrNO2S/c1-5-6-8(10)7-11-14(12,13)9(2,3)4/h8,11H,5-7H2,1-4H3. The third-order valence-corrected chi connectivity index (χ3v) is 4.84. The molecule has 0 aromatic rings. The number of hydrogen-bond acceptors (Lipinski definition) is 2. The van der Waals surface area contributed by atoms with Crippen LogP contribution in [0.1, 0.15) is 40.5 Å². The zero-order valence-corrected chi connectivity index (χ0v) is 11.7. The molecular formula is C9H20BrNO2S. The van der Waals surface area contributed by atoms with Gasteiger partial charge < -0.3 is 0 Å². The fourth-order valence-corrected chi connectivity index (χ4v) is 2.52. The summed E-state index contributed by atoms with van der Waals surface area (Å²) in [6, 6.07) is 0. The molecule has 1 unspecified atom stereocenters. The molecule has 14 heavy (non-hydrogen) atoms. The van der Waals surface area contributed by atoms with Crippen LogP contribution < -0.4 is 4.72 Å². The third kappa shape index (κ3) is 4.75. The molecule has 0 aromatic carbocycles. The minimum atomic E-state index is -3.19. The third-order valence-electron chi connectivity index (χ3n) is 1.90. The molecule has 0 radical (unpaired) electrons. The van der Waals surface area contributed by atoms with Crippen molar-refractivity contribution >= 4 is 26.0 Å². The van der Waals surface area contributed by atoms with Gasteiger partial charge in [0.05, 0.1) is 4.75 Å². The van der Waals surface area contributed by atoms with Crippen LogP contribution in [-0.4, -0.2) is 24.5 Å². The average molecular weight is 286 g/mol. The molecule has 0 heterocycles. The Morgan fingerprint density at radius 2 is 1.86 bits per heavy atom. The lowest BCUT2D eigenvalue weighted by Crippen LogP contribution is -2.41. The van der Waals surface area contributed by atoms with Crippen LogP contribution in [0.2, 0.25) is 0 Å². The first-order valence-corrected chi connectivity index (χ1v) is 7.24. The maximum atomic E-state index is 11.6. The van der Waals surface area contributed by atoms with Gasteiger partial charge >= 0.3 is 0 Å². The minimum absolute atomic E-state index is 0.227. The van der Waals surface area contributed by atoms with Crippen LogP contribution in [0, 0.1) is 0 Å². The van der Waals surface area contributed by atoms with Crippen molar-refractivity contribution in [2.75, 3.05) is 6.54 Å². The number of hydrogen-bond donors (Lipinski definition) is 1. The number of alkyl halides is 1. The van der Waals surface area contributed by atoms with E-state index < -0.39 is 14.8 Å². The molecule has 0 aliphatic heterocycles. The van der Waals surface area contributed by atoms with Crippen molar-refractivity contribution in [2.45, 2.75) is 50.1 Å². The molecule has 0 amide bonds. The molecule has 0 aliphatic carbocycles. The topological polar surface area (TPSA) is 46.2 Å². The van der Waals surface area contributed by atoms with Gasteiger partial charge in [0.15, 0.2) is 0 Å². The molecule has 3 nitrogen and oxygen atoms in total. The summed E-state index contributed by atoms with van der Waals surface area (Å²) in [5.74, 6) is 0. The van der Waals surface area contributed by atoms with E-state index in [2.05, 4.69) is 27.6 Å². The number of halogens is 1. The van der Waals surface area contributed by atoms with Crippen molar-refractivity contribution in [2.24, 2.45) is 0 Å². The summed E-state index contributed by atoms with van der Waals surface area (Å²) in [4.78, 5) is 0.227. The van der Waals surface area contributed by atoms with Crippen LogP contribution in [0.25, 0.3) is 0 Å². The monoisotopic (exact) mass is 285 g/mol. The van der Waals surface area contributed by atoms with Crippen LogP contribution in [-0.2, 0) is 10.0 Å². The van der Waals surface area contributed by atoms with E-state index in [4.69, 9.17) is 0 Å². The Balaban J connectivity index is 4.14. The van der Waals surface area contributed by atoms with Crippen LogP contribution >= 0.6 is 15.9 Å². The zero-order valence-electron chi connectivity index (χ0n) is 9.30. The van der Waals surface area contributed by atoms with Gasteiger partial charge in [-0.1, -0.05) is 29.3 Å². The van der Waals surface area contributed by atoms with Crippen LogP contribution in [0.3, 0.4) is 0 Å². The fourth-order valence-electron chi connectivity index (χ4n) is 0.832. The Morgan fingerprint density at radius 1 is 1.36 bits per heavy atom. The maximum absolute atomic E-state index is 11.6. The van der Waals surface area contributed by atoms with Crippen molar-refractivity contribution in [3.8, 4) is 0 Å². The van der Waals surface area contributed by atoms with Gasteiger partial charge in [-0.25, -0.2) is 13.1 Å². The molecule has 1 N–H and O–H groups in total. The Bertz CT molecular complexity index is 256. The molecule has 0 saturated heterocycles. The molecule has 5 heteroatoms. The molecule has 0 aliphatic rings. The molecular weight excluding hydrogens is 266 g/mol. The van der Waals surface area contributed by atoms with E-state index in [0.29, 0.717) is 6.54 Å². The quantitative estimate of drug-likeness (QED) is 0.788. The number of nitrogens with one attached hydrogen (secondary N) is 1. The van der Waals surface area contributed by atoms with Crippen LogP contribution in [0.15, 0.2) is 0 Å². The van der Waals surface area contributed by atoms with Crippen molar-refractivity contribution in [1.82, 2.24) is 4.72 Å². The normalized spacial score (nSPS) is 15.5. The smallest absolute Gasteiger partial charge is 0.214 e. The van der Waals surface area contributed by atoms with Crippen molar-refractivity contribution < 1.29 is 8.42 Å². The fraction of sp³-hybridized carbons (Fsp3) is 1.00. The first-order valence-electron chi connectivity index (χ1n) is 4.84. The predicted molar refractivity (Wildman–Crippen MR) is 64.3 cm³/mol. The van der Waals surface area contributed by atoms with Gasteiger partial charge in [-0.3, -0.25) is 0 Å². The van der Waals surface area contributed by atoms with Crippen LogP contribution in [0.5, 0.6) is 0 Å². The lowest BCUT2D eigenvalue weighted by Gasteiger charge is -2.20. The summed E-state index contributed by atoms with van der Waals surface area (Å²) in [7, 11) is -3.19. The Hall–Kier alpha value is 0.390. The van der Waals surface area contributed by atoms with Gasteiger partial charge in [0.1, 0.15) is 0 Å². The van der Waals surface area contributed by atoms with E-state index in [9.17, 15) is 8.42 Å². The minimum Gasteiger partial charge on any atom is -0.214 e. The van der Waals surface area contributed by atoms with E-state index in [1.54, 1.807) is 20.8 Å². The zero-order chi connectivity index (χ0) is 11.4. The molecule has 0 spiro atoms. The Labute approximate surface area is 95.8 Å². The van der Waals surface area contributed by atoms with Crippen LogP contribution in [0.4, 0.5) is 0 Å². The number of sulfonamides is 1. The van der Waals surface area contributed by atoms with E-state index in [0.717, 1.165) is 12.8 Å². The van der Waals surface area contributed by atoms with Gasteiger partial charge in [0.25, 0.3) is 0 Å². The molecule has 1 atom stereocenters. The van der Waals surface area contributed by atoms with Gasteiger partial charge in [0, 0.05) is 11.4 Å². The van der Waals surface area contributed by atoms with Crippen molar-refractivity contribution in [3.05, 3.63) is 0 Å². The van der Waals surface area contributed by atoms with E-state index in [-0.39, 0.29) is 4.83 Å². The summed E-state index contributed by atoms with van der Waals surface area (Å²) in [6.45, 7) is 7.62. The Kier molecular flexibility index (Phi) is 5.62. The number of rotatable bonds is 5. The molecule has 0 bridgehead atoms. The largest absolute Gasteiger partial charge is 0.216 e. The van der Waals surface area contributed by atoms with Gasteiger partial charge in [0.2, 0.25) is 10.0 Å². The molecule has 0 aromatic heterocycles. The molecule has 0 saturated carbocycles. The predicted octanol–water partition coefficient (Wildman–Crippen LogP) is 2.27. The summed E-state index contributed by atoms with van der Waals surface area (Å²) >= 11 is 3.43. The van der Waals surface area contributed by atoms with E-state index in [1.165, 1.54) is 0 Å². The van der Waals surface area contributed by atoms with E-state index >= 15 is 0 Å². The highest BCUT2D eigenvalue weighted by atomic mass is 79.9. The molecule has 0 fully saturated rings. The summed E-state index contributed by atoms with van der Waals surface area (Å²) in [5.41, 5.74) is 0. The van der Waals surface area contributed by atoms with E-state index in [1.807, 2.05) is 0 Å². The molecule has 0 rings (SSSR count). The van der Waals surface area contributed by atoms with Crippen molar-refractivity contribution in [3.63, 3.8) is 0 Å². The Morgan fingerprint density at radius 3 is 2.21 bits per heavy atom. The first kappa shape index (κ1) is 14.4. The summed E-state index contributed by atoms with van der Waals surface area (Å²) in [6.07, 6.45) is 2.03. The SMILES string of the molecule is CCCC(Br)CNS(=O)(=O)C(C)(C)C. The highest BCUT2D eigenvalue weighted by Gasteiger charge is 2.28. The highest BCUT2D eigenvalue weighted by molar-refractivity contribution is 9.09. The van der Waals surface area contributed by atoms with Gasteiger partial charge in [-0.15, -0.1) is 0 Å². The molecule has 86 valence electrons. The maximum Gasteiger partial charge on any atom is 0.216 e. The first-order chi connectivity index (χ1) is 6.20. The van der Waals surface area contributed by atoms with Gasteiger partial charge in [-0.05, 0) is 27.2 Å².